The van der Waals surface area contributed by atoms with Crippen LogP contribution < -0.4 is 5.32 Å². The Kier molecular flexibility index (Phi) is 4.53. The largest absolute Gasteiger partial charge is 0.432 e. The van der Waals surface area contributed by atoms with Gasteiger partial charge in [-0.1, -0.05) is 13.3 Å². The standard InChI is InChI=1S/C19H24N4O2/c1-3-6-14-12-7-4-5-8-13(12)15-16-17(25-19(15)23-14)18(22-11-21-16)20-9-10-24-2/h11H,3-10H2,1-2H3,(H,20,21,22). The van der Waals surface area contributed by atoms with Gasteiger partial charge in [0.1, 0.15) is 11.8 Å². The maximum absolute atomic E-state index is 6.13. The summed E-state index contributed by atoms with van der Waals surface area (Å²) in [5, 5.41) is 4.36. The average molecular weight is 340 g/mol. The van der Waals surface area contributed by atoms with E-state index in [2.05, 4.69) is 22.2 Å². The monoisotopic (exact) mass is 340 g/mol. The lowest BCUT2D eigenvalue weighted by atomic mass is 9.88. The predicted octanol–water partition coefficient (Wildman–Crippen LogP) is 3.66. The van der Waals surface area contributed by atoms with E-state index >= 15 is 0 Å². The SMILES string of the molecule is CCCc1nc2oc3c(NCCOC)ncnc3c2c2c1CCCC2. The Bertz CT molecular complexity index is 903. The highest BCUT2D eigenvalue weighted by atomic mass is 16.5. The molecular formula is C19H24N4O2. The maximum atomic E-state index is 6.13. The summed E-state index contributed by atoms with van der Waals surface area (Å²) in [7, 11) is 1.68. The number of aryl methyl sites for hydroxylation is 2. The molecule has 3 aromatic rings. The van der Waals surface area contributed by atoms with E-state index in [1.807, 2.05) is 0 Å². The number of furan rings is 1. The smallest absolute Gasteiger partial charge is 0.229 e. The molecular weight excluding hydrogens is 316 g/mol. The first-order chi connectivity index (χ1) is 12.3. The zero-order chi connectivity index (χ0) is 17.2. The Morgan fingerprint density at radius 3 is 2.84 bits per heavy atom. The van der Waals surface area contributed by atoms with E-state index in [0.29, 0.717) is 30.3 Å². The fourth-order valence-corrected chi connectivity index (χ4v) is 3.78. The van der Waals surface area contributed by atoms with Gasteiger partial charge in [0, 0.05) is 19.3 Å². The van der Waals surface area contributed by atoms with Gasteiger partial charge in [0.15, 0.2) is 11.4 Å². The molecule has 0 amide bonds. The minimum Gasteiger partial charge on any atom is -0.432 e. The van der Waals surface area contributed by atoms with E-state index in [-0.39, 0.29) is 0 Å². The zero-order valence-electron chi connectivity index (χ0n) is 14.9. The van der Waals surface area contributed by atoms with Crippen molar-refractivity contribution in [3.8, 4) is 0 Å². The lowest BCUT2D eigenvalue weighted by molar-refractivity contribution is 0.210. The zero-order valence-corrected chi connectivity index (χ0v) is 14.9. The van der Waals surface area contributed by atoms with Gasteiger partial charge in [-0.2, -0.15) is 0 Å². The number of rotatable bonds is 6. The van der Waals surface area contributed by atoms with Crippen molar-refractivity contribution in [2.75, 3.05) is 25.6 Å². The lowest BCUT2D eigenvalue weighted by Gasteiger charge is -2.19. The maximum Gasteiger partial charge on any atom is 0.229 e. The van der Waals surface area contributed by atoms with E-state index in [1.54, 1.807) is 13.4 Å². The van der Waals surface area contributed by atoms with E-state index in [1.165, 1.54) is 29.7 Å². The highest BCUT2D eigenvalue weighted by Gasteiger charge is 2.23. The van der Waals surface area contributed by atoms with Crippen molar-refractivity contribution < 1.29 is 9.15 Å². The van der Waals surface area contributed by atoms with Gasteiger partial charge >= 0.3 is 0 Å². The highest BCUT2D eigenvalue weighted by Crippen LogP contribution is 2.37. The van der Waals surface area contributed by atoms with E-state index in [9.17, 15) is 0 Å². The van der Waals surface area contributed by atoms with Gasteiger partial charge in [0.05, 0.1) is 12.0 Å². The third-order valence-corrected chi connectivity index (χ3v) is 4.89. The van der Waals surface area contributed by atoms with Gasteiger partial charge in [-0.3, -0.25) is 0 Å². The second-order valence-electron chi connectivity index (χ2n) is 6.57. The number of anilines is 1. The fourth-order valence-electron chi connectivity index (χ4n) is 3.78. The predicted molar refractivity (Wildman–Crippen MR) is 98.1 cm³/mol. The van der Waals surface area contributed by atoms with Crippen LogP contribution in [0.4, 0.5) is 5.82 Å². The number of nitrogens with one attached hydrogen (secondary N) is 1. The van der Waals surface area contributed by atoms with E-state index in [4.69, 9.17) is 14.1 Å². The number of methoxy groups -OCH3 is 1. The van der Waals surface area contributed by atoms with Crippen molar-refractivity contribution >= 4 is 28.0 Å². The van der Waals surface area contributed by atoms with Crippen LogP contribution in [0.25, 0.3) is 22.2 Å². The molecule has 0 saturated heterocycles. The second kappa shape index (κ2) is 6.96. The number of ether oxygens (including phenoxy) is 1. The van der Waals surface area contributed by atoms with Crippen molar-refractivity contribution in [1.82, 2.24) is 15.0 Å². The van der Waals surface area contributed by atoms with Crippen LogP contribution in [0.1, 0.15) is 43.0 Å². The van der Waals surface area contributed by atoms with E-state index < -0.39 is 0 Å². The molecule has 0 aromatic carbocycles. The molecule has 0 bridgehead atoms. The minimum atomic E-state index is 0.611. The van der Waals surface area contributed by atoms with Gasteiger partial charge in [0.25, 0.3) is 0 Å². The number of fused-ring (bicyclic) bond motifs is 5. The first-order valence-corrected chi connectivity index (χ1v) is 9.14. The molecule has 132 valence electrons. The molecule has 0 saturated carbocycles. The summed E-state index contributed by atoms with van der Waals surface area (Å²) in [5.41, 5.74) is 6.29. The van der Waals surface area contributed by atoms with Crippen molar-refractivity contribution in [3.63, 3.8) is 0 Å². The van der Waals surface area contributed by atoms with Gasteiger partial charge in [-0.15, -0.1) is 0 Å². The summed E-state index contributed by atoms with van der Waals surface area (Å²) in [5.74, 6) is 0.710. The third kappa shape index (κ3) is 2.84. The summed E-state index contributed by atoms with van der Waals surface area (Å²) < 4.78 is 11.2. The first-order valence-electron chi connectivity index (χ1n) is 9.14. The molecule has 0 fully saturated rings. The van der Waals surface area contributed by atoms with Crippen LogP contribution in [0.3, 0.4) is 0 Å². The van der Waals surface area contributed by atoms with Crippen molar-refractivity contribution in [2.45, 2.75) is 45.4 Å². The molecule has 1 N–H and O–H groups in total. The molecule has 1 aliphatic rings. The molecule has 6 heteroatoms. The molecule has 6 nitrogen and oxygen atoms in total. The quantitative estimate of drug-likeness (QED) is 0.690. The molecule has 3 heterocycles. The van der Waals surface area contributed by atoms with Crippen LogP contribution in [-0.2, 0) is 24.0 Å². The highest BCUT2D eigenvalue weighted by molar-refractivity contribution is 6.06. The van der Waals surface area contributed by atoms with Crippen molar-refractivity contribution in [2.24, 2.45) is 0 Å². The molecule has 3 aromatic heterocycles. The lowest BCUT2D eigenvalue weighted by Crippen LogP contribution is -2.09. The molecule has 1 aliphatic carbocycles. The Morgan fingerprint density at radius 2 is 2.04 bits per heavy atom. The number of aromatic nitrogens is 3. The molecule has 0 radical (unpaired) electrons. The van der Waals surface area contributed by atoms with Gasteiger partial charge < -0.3 is 14.5 Å². The van der Waals surface area contributed by atoms with E-state index in [0.717, 1.165) is 36.6 Å². The molecule has 0 atom stereocenters. The molecule has 4 rings (SSSR count). The molecule has 0 unspecified atom stereocenters. The number of hydrogen-bond donors (Lipinski definition) is 1. The molecule has 25 heavy (non-hydrogen) atoms. The number of pyridine rings is 1. The number of nitrogens with zero attached hydrogens (tertiary/aromatic N) is 3. The van der Waals surface area contributed by atoms with Crippen LogP contribution in [0, 0.1) is 0 Å². The fraction of sp³-hybridized carbons (Fsp3) is 0.526. The number of hydrogen-bond acceptors (Lipinski definition) is 6. The van der Waals surface area contributed by atoms with Gasteiger partial charge in [0.2, 0.25) is 5.71 Å². The van der Waals surface area contributed by atoms with Crippen LogP contribution in [-0.4, -0.2) is 35.2 Å². The Balaban J connectivity index is 1.91. The first kappa shape index (κ1) is 16.3. The second-order valence-corrected chi connectivity index (χ2v) is 6.57. The van der Waals surface area contributed by atoms with Crippen molar-refractivity contribution in [3.05, 3.63) is 23.1 Å². The third-order valence-electron chi connectivity index (χ3n) is 4.89. The normalized spacial score (nSPS) is 14.2. The summed E-state index contributed by atoms with van der Waals surface area (Å²) >= 11 is 0. The topological polar surface area (TPSA) is 73.1 Å². The van der Waals surface area contributed by atoms with Gasteiger partial charge in [-0.05, 0) is 43.2 Å². The van der Waals surface area contributed by atoms with Crippen LogP contribution in [0.5, 0.6) is 0 Å². The minimum absolute atomic E-state index is 0.611. The summed E-state index contributed by atoms with van der Waals surface area (Å²) in [6, 6.07) is 0. The summed E-state index contributed by atoms with van der Waals surface area (Å²) in [6.45, 7) is 3.48. The van der Waals surface area contributed by atoms with Crippen LogP contribution in [0.2, 0.25) is 0 Å². The van der Waals surface area contributed by atoms with Gasteiger partial charge in [-0.25, -0.2) is 15.0 Å². The summed E-state index contributed by atoms with van der Waals surface area (Å²) in [4.78, 5) is 13.7. The van der Waals surface area contributed by atoms with Crippen LogP contribution >= 0.6 is 0 Å². The van der Waals surface area contributed by atoms with Crippen LogP contribution in [0.15, 0.2) is 10.7 Å². The average Bonchev–Trinajstić information content (AvgIpc) is 3.02. The molecule has 0 aliphatic heterocycles. The van der Waals surface area contributed by atoms with Crippen molar-refractivity contribution in [1.29, 1.82) is 0 Å². The Labute approximate surface area is 147 Å². The molecule has 0 spiro atoms. The Hall–Kier alpha value is -2.21. The Morgan fingerprint density at radius 1 is 1.20 bits per heavy atom. The summed E-state index contributed by atoms with van der Waals surface area (Å²) in [6.07, 6.45) is 8.34.